The summed E-state index contributed by atoms with van der Waals surface area (Å²) in [5.41, 5.74) is 5.56. The van der Waals surface area contributed by atoms with Gasteiger partial charge in [0.15, 0.2) is 12.4 Å². The summed E-state index contributed by atoms with van der Waals surface area (Å²) < 4.78 is 5.01. The smallest absolute Gasteiger partial charge is 0.405 e. The molecular formula is C10H9Cl2N5O2. The molecule has 1 unspecified atom stereocenters. The zero-order valence-corrected chi connectivity index (χ0v) is 11.0. The van der Waals surface area contributed by atoms with Crippen molar-refractivity contribution in [1.29, 1.82) is 0 Å². The Morgan fingerprint density at radius 2 is 2.26 bits per heavy atom. The molecule has 19 heavy (non-hydrogen) atoms. The zero-order valence-electron chi connectivity index (χ0n) is 9.53. The highest BCUT2D eigenvalue weighted by molar-refractivity contribution is 6.33. The van der Waals surface area contributed by atoms with Gasteiger partial charge in [0.05, 0.1) is 0 Å². The number of tetrazole rings is 1. The van der Waals surface area contributed by atoms with E-state index in [4.69, 9.17) is 33.7 Å². The van der Waals surface area contributed by atoms with E-state index in [1.54, 1.807) is 18.2 Å². The highest BCUT2D eigenvalue weighted by Gasteiger charge is 2.20. The third kappa shape index (κ3) is 3.55. The number of rotatable bonds is 4. The van der Waals surface area contributed by atoms with E-state index in [9.17, 15) is 4.79 Å². The Balaban J connectivity index is 2.30. The van der Waals surface area contributed by atoms with Crippen LogP contribution in [-0.2, 0) is 11.3 Å². The lowest BCUT2D eigenvalue weighted by atomic mass is 10.1. The second kappa shape index (κ2) is 5.85. The van der Waals surface area contributed by atoms with E-state index in [2.05, 4.69) is 15.4 Å². The minimum absolute atomic E-state index is 0.128. The van der Waals surface area contributed by atoms with Gasteiger partial charge in [-0.2, -0.15) is 4.80 Å². The summed E-state index contributed by atoms with van der Waals surface area (Å²) >= 11 is 12.0. The molecule has 2 aromatic rings. The molecule has 2 rings (SSSR count). The topological polar surface area (TPSA) is 95.9 Å². The van der Waals surface area contributed by atoms with Crippen LogP contribution in [0.1, 0.15) is 11.7 Å². The van der Waals surface area contributed by atoms with Crippen molar-refractivity contribution in [2.75, 3.05) is 0 Å². The number of carbonyl (C=O) groups is 1. The lowest BCUT2D eigenvalue weighted by molar-refractivity contribution is 0.0901. The average Bonchev–Trinajstić information content (AvgIpc) is 2.84. The number of amides is 1. The number of ether oxygens (including phenoxy) is 1. The standard InChI is InChI=1S/C10H9Cl2N5O2/c11-6-1-2-8(12)7(3-6)9(19-10(13)18)4-17-15-5-14-16-17/h1-3,5,9H,4H2,(H2,13,18). The summed E-state index contributed by atoms with van der Waals surface area (Å²) in [5.74, 6) is 0. The number of aromatic nitrogens is 4. The summed E-state index contributed by atoms with van der Waals surface area (Å²) in [5, 5.41) is 11.9. The summed E-state index contributed by atoms with van der Waals surface area (Å²) in [6, 6.07) is 4.82. The fourth-order valence-corrected chi connectivity index (χ4v) is 1.94. The first kappa shape index (κ1) is 13.6. The molecule has 0 aliphatic heterocycles. The van der Waals surface area contributed by atoms with Crippen LogP contribution in [0.3, 0.4) is 0 Å². The maximum atomic E-state index is 11.0. The van der Waals surface area contributed by atoms with Gasteiger partial charge in [0.25, 0.3) is 0 Å². The molecule has 1 heterocycles. The van der Waals surface area contributed by atoms with Crippen molar-refractivity contribution in [3.8, 4) is 0 Å². The third-order valence-electron chi connectivity index (χ3n) is 2.28. The normalized spacial score (nSPS) is 12.1. The van der Waals surface area contributed by atoms with E-state index < -0.39 is 12.2 Å². The summed E-state index contributed by atoms with van der Waals surface area (Å²) in [7, 11) is 0. The van der Waals surface area contributed by atoms with Crippen molar-refractivity contribution in [1.82, 2.24) is 20.2 Å². The van der Waals surface area contributed by atoms with Crippen LogP contribution in [0.15, 0.2) is 24.5 Å². The molecule has 2 N–H and O–H groups in total. The minimum Gasteiger partial charge on any atom is -0.439 e. The summed E-state index contributed by atoms with van der Waals surface area (Å²) in [6.07, 6.45) is -0.417. The number of nitrogens with zero attached hydrogens (tertiary/aromatic N) is 4. The Morgan fingerprint density at radius 1 is 1.47 bits per heavy atom. The molecule has 7 nitrogen and oxygen atoms in total. The number of hydrogen-bond donors (Lipinski definition) is 1. The predicted molar refractivity (Wildman–Crippen MR) is 67.7 cm³/mol. The maximum Gasteiger partial charge on any atom is 0.405 e. The van der Waals surface area contributed by atoms with Gasteiger partial charge in [-0.05, 0) is 23.4 Å². The van der Waals surface area contributed by atoms with Gasteiger partial charge < -0.3 is 10.5 Å². The lowest BCUT2D eigenvalue weighted by Gasteiger charge is -2.17. The van der Waals surface area contributed by atoms with Gasteiger partial charge >= 0.3 is 6.09 Å². The van der Waals surface area contributed by atoms with Crippen molar-refractivity contribution < 1.29 is 9.53 Å². The molecule has 0 radical (unpaired) electrons. The van der Waals surface area contributed by atoms with E-state index in [-0.39, 0.29) is 6.54 Å². The van der Waals surface area contributed by atoms with Crippen LogP contribution >= 0.6 is 23.2 Å². The van der Waals surface area contributed by atoms with E-state index >= 15 is 0 Å². The van der Waals surface area contributed by atoms with Crippen LogP contribution in [-0.4, -0.2) is 26.3 Å². The fraction of sp³-hybridized carbons (Fsp3) is 0.200. The predicted octanol–water partition coefficient (Wildman–Crippen LogP) is 1.82. The minimum atomic E-state index is -0.929. The SMILES string of the molecule is NC(=O)OC(Cn1ncnn1)c1cc(Cl)ccc1Cl. The highest BCUT2D eigenvalue weighted by atomic mass is 35.5. The Bertz CT molecular complexity index is 575. The van der Waals surface area contributed by atoms with Gasteiger partial charge in [-0.25, -0.2) is 4.79 Å². The fourth-order valence-electron chi connectivity index (χ4n) is 1.52. The third-order valence-corrected chi connectivity index (χ3v) is 2.86. The summed E-state index contributed by atoms with van der Waals surface area (Å²) in [6.45, 7) is 0.128. The molecule has 9 heteroatoms. The van der Waals surface area contributed by atoms with Crippen molar-refractivity contribution in [3.05, 3.63) is 40.1 Å². The first-order valence-corrected chi connectivity index (χ1v) is 5.93. The quantitative estimate of drug-likeness (QED) is 0.929. The molecule has 1 aromatic carbocycles. The van der Waals surface area contributed by atoms with Crippen molar-refractivity contribution >= 4 is 29.3 Å². The molecule has 0 spiro atoms. The number of nitrogens with two attached hydrogens (primary N) is 1. The van der Waals surface area contributed by atoms with Gasteiger partial charge in [-0.1, -0.05) is 23.2 Å². The zero-order chi connectivity index (χ0) is 13.8. The highest BCUT2D eigenvalue weighted by Crippen LogP contribution is 2.29. The van der Waals surface area contributed by atoms with Gasteiger partial charge in [0, 0.05) is 15.6 Å². The van der Waals surface area contributed by atoms with Crippen molar-refractivity contribution in [2.24, 2.45) is 5.73 Å². The Morgan fingerprint density at radius 3 is 2.89 bits per heavy atom. The molecule has 1 amide bonds. The molecule has 0 saturated carbocycles. The Labute approximate surface area is 118 Å². The van der Waals surface area contributed by atoms with Crippen molar-refractivity contribution in [3.63, 3.8) is 0 Å². The number of hydrogen-bond acceptors (Lipinski definition) is 5. The van der Waals surface area contributed by atoms with Crippen LogP contribution in [0.4, 0.5) is 4.79 Å². The van der Waals surface area contributed by atoms with Crippen molar-refractivity contribution in [2.45, 2.75) is 12.6 Å². The monoisotopic (exact) mass is 301 g/mol. The molecular weight excluding hydrogens is 293 g/mol. The first-order chi connectivity index (χ1) is 9.06. The van der Waals surface area contributed by atoms with Crippen LogP contribution in [0, 0.1) is 0 Å². The molecule has 0 aliphatic rings. The van der Waals surface area contributed by atoms with E-state index in [0.717, 1.165) is 0 Å². The maximum absolute atomic E-state index is 11.0. The van der Waals surface area contributed by atoms with Gasteiger partial charge in [-0.15, -0.1) is 10.2 Å². The first-order valence-electron chi connectivity index (χ1n) is 5.18. The van der Waals surface area contributed by atoms with Crippen LogP contribution in [0.5, 0.6) is 0 Å². The van der Waals surface area contributed by atoms with Gasteiger partial charge in [0.1, 0.15) is 6.54 Å². The molecule has 0 aliphatic carbocycles. The number of benzene rings is 1. The van der Waals surface area contributed by atoms with Crippen LogP contribution in [0.2, 0.25) is 10.0 Å². The molecule has 0 saturated heterocycles. The largest absolute Gasteiger partial charge is 0.439 e. The van der Waals surface area contributed by atoms with E-state index in [1.165, 1.54) is 11.1 Å². The van der Waals surface area contributed by atoms with Gasteiger partial charge in [-0.3, -0.25) is 0 Å². The van der Waals surface area contributed by atoms with E-state index in [0.29, 0.717) is 15.6 Å². The molecule has 100 valence electrons. The molecule has 0 fully saturated rings. The Kier molecular flexibility index (Phi) is 4.18. The second-order valence-electron chi connectivity index (χ2n) is 3.58. The van der Waals surface area contributed by atoms with Crippen LogP contribution < -0.4 is 5.73 Å². The number of primary amides is 1. The molecule has 1 aromatic heterocycles. The molecule has 1 atom stereocenters. The summed E-state index contributed by atoms with van der Waals surface area (Å²) in [4.78, 5) is 12.2. The van der Waals surface area contributed by atoms with Crippen LogP contribution in [0.25, 0.3) is 0 Å². The Hall–Kier alpha value is -1.86. The molecule has 0 bridgehead atoms. The second-order valence-corrected chi connectivity index (χ2v) is 4.43. The average molecular weight is 302 g/mol. The number of carbonyl (C=O) groups excluding carboxylic acids is 1. The van der Waals surface area contributed by atoms with E-state index in [1.807, 2.05) is 0 Å². The lowest BCUT2D eigenvalue weighted by Crippen LogP contribution is -2.22. The van der Waals surface area contributed by atoms with Gasteiger partial charge in [0.2, 0.25) is 0 Å². The number of halogens is 2.